The number of hydrogen-bond donors (Lipinski definition) is 3. The molecule has 0 aromatic heterocycles. The Morgan fingerprint density at radius 3 is 2.60 bits per heavy atom. The predicted octanol–water partition coefficient (Wildman–Crippen LogP) is 1.21. The number of hydrogen-bond acceptors (Lipinski definition) is 3. The van der Waals surface area contributed by atoms with Crippen molar-refractivity contribution in [2.24, 2.45) is 11.7 Å². The number of benzene rings is 1. The molecule has 0 saturated heterocycles. The van der Waals surface area contributed by atoms with Crippen molar-refractivity contribution in [1.29, 1.82) is 0 Å². The first kappa shape index (κ1) is 16.5. The van der Waals surface area contributed by atoms with Gasteiger partial charge in [-0.15, -0.1) is 0 Å². The lowest BCUT2D eigenvalue weighted by Crippen LogP contribution is -2.32. The molecular formula is C14H21N3O2S. The van der Waals surface area contributed by atoms with Crippen LogP contribution in [0.1, 0.15) is 25.0 Å². The largest absolute Gasteiger partial charge is 0.320 e. The maximum Gasteiger partial charge on any atom is 0.299 e. The Bertz CT molecular complexity index is 613. The summed E-state index contributed by atoms with van der Waals surface area (Å²) < 4.78 is 28.7. The Morgan fingerprint density at radius 1 is 1.30 bits per heavy atom. The summed E-state index contributed by atoms with van der Waals surface area (Å²) in [5.74, 6) is 5.88. The van der Waals surface area contributed by atoms with Crippen molar-refractivity contribution >= 4 is 15.9 Å². The SMILES string of the molecule is Cc1cc(C#CCN)cc(NS(=O)(=O)NCC(C)C)c1. The zero-order valence-corrected chi connectivity index (χ0v) is 12.8. The molecule has 0 unspecified atom stereocenters. The van der Waals surface area contributed by atoms with E-state index in [4.69, 9.17) is 5.73 Å². The van der Waals surface area contributed by atoms with Crippen LogP contribution < -0.4 is 15.2 Å². The summed E-state index contributed by atoms with van der Waals surface area (Å²) in [6.07, 6.45) is 0. The van der Waals surface area contributed by atoms with E-state index in [0.717, 1.165) is 11.1 Å². The van der Waals surface area contributed by atoms with Gasteiger partial charge in [0.1, 0.15) is 0 Å². The zero-order valence-electron chi connectivity index (χ0n) is 12.0. The fraction of sp³-hybridized carbons (Fsp3) is 0.429. The number of nitrogens with one attached hydrogen (secondary N) is 2. The molecule has 110 valence electrons. The Morgan fingerprint density at radius 2 is 2.00 bits per heavy atom. The van der Waals surface area contributed by atoms with Crippen LogP contribution in [0.3, 0.4) is 0 Å². The molecule has 5 nitrogen and oxygen atoms in total. The molecular weight excluding hydrogens is 274 g/mol. The summed E-state index contributed by atoms with van der Waals surface area (Å²) in [6, 6.07) is 5.31. The fourth-order valence-corrected chi connectivity index (χ4v) is 2.59. The van der Waals surface area contributed by atoms with Crippen LogP contribution in [-0.4, -0.2) is 21.5 Å². The fourth-order valence-electron chi connectivity index (χ4n) is 1.53. The van der Waals surface area contributed by atoms with Crippen LogP contribution in [-0.2, 0) is 10.2 Å². The molecule has 0 aliphatic rings. The highest BCUT2D eigenvalue weighted by molar-refractivity contribution is 7.90. The van der Waals surface area contributed by atoms with Crippen molar-refractivity contribution in [3.8, 4) is 11.8 Å². The van der Waals surface area contributed by atoms with Gasteiger partial charge in [0.2, 0.25) is 0 Å². The predicted molar refractivity (Wildman–Crippen MR) is 82.5 cm³/mol. The quantitative estimate of drug-likeness (QED) is 0.714. The second kappa shape index (κ2) is 7.29. The van der Waals surface area contributed by atoms with E-state index in [-0.39, 0.29) is 12.5 Å². The second-order valence-electron chi connectivity index (χ2n) is 4.94. The van der Waals surface area contributed by atoms with E-state index in [0.29, 0.717) is 12.2 Å². The van der Waals surface area contributed by atoms with E-state index in [2.05, 4.69) is 21.3 Å². The summed E-state index contributed by atoms with van der Waals surface area (Å²) in [6.45, 7) is 6.42. The molecule has 0 saturated carbocycles. The second-order valence-corrected chi connectivity index (χ2v) is 6.44. The molecule has 4 N–H and O–H groups in total. The van der Waals surface area contributed by atoms with Crippen LogP contribution in [0.15, 0.2) is 18.2 Å². The minimum Gasteiger partial charge on any atom is -0.320 e. The van der Waals surface area contributed by atoms with E-state index in [1.54, 1.807) is 12.1 Å². The first-order valence-corrected chi connectivity index (χ1v) is 7.89. The number of nitrogens with two attached hydrogens (primary N) is 1. The van der Waals surface area contributed by atoms with Gasteiger partial charge in [0.25, 0.3) is 10.2 Å². The van der Waals surface area contributed by atoms with Crippen molar-refractivity contribution in [3.63, 3.8) is 0 Å². The Hall–Kier alpha value is -1.55. The van der Waals surface area contributed by atoms with E-state index < -0.39 is 10.2 Å². The maximum absolute atomic E-state index is 11.9. The third-order valence-corrected chi connectivity index (χ3v) is 3.40. The third kappa shape index (κ3) is 6.06. The van der Waals surface area contributed by atoms with Gasteiger partial charge in [-0.3, -0.25) is 4.72 Å². The molecule has 0 aliphatic carbocycles. The highest BCUT2D eigenvalue weighted by atomic mass is 32.2. The molecule has 0 heterocycles. The molecule has 1 aromatic rings. The van der Waals surface area contributed by atoms with Crippen molar-refractivity contribution in [1.82, 2.24) is 4.72 Å². The third-order valence-electron chi connectivity index (χ3n) is 2.35. The minimum absolute atomic E-state index is 0.245. The molecule has 0 fully saturated rings. The van der Waals surface area contributed by atoms with Crippen molar-refractivity contribution in [2.75, 3.05) is 17.8 Å². The minimum atomic E-state index is -3.56. The summed E-state index contributed by atoms with van der Waals surface area (Å²) in [5, 5.41) is 0. The van der Waals surface area contributed by atoms with Crippen LogP contribution in [0.2, 0.25) is 0 Å². The molecule has 0 atom stereocenters. The standard InChI is InChI=1S/C14H21N3O2S/c1-11(2)10-16-20(18,19)17-14-8-12(3)7-13(9-14)5-4-6-15/h7-9,11,16-17H,6,10,15H2,1-3H3. The molecule has 6 heteroatoms. The first-order valence-electron chi connectivity index (χ1n) is 6.40. The average Bonchev–Trinajstić information content (AvgIpc) is 2.33. The number of aryl methyl sites for hydroxylation is 1. The van der Waals surface area contributed by atoms with E-state index >= 15 is 0 Å². The van der Waals surface area contributed by atoms with Gasteiger partial charge in [-0.1, -0.05) is 25.7 Å². The van der Waals surface area contributed by atoms with Gasteiger partial charge in [0, 0.05) is 12.1 Å². The maximum atomic E-state index is 11.9. The van der Waals surface area contributed by atoms with E-state index in [9.17, 15) is 8.42 Å². The smallest absolute Gasteiger partial charge is 0.299 e. The van der Waals surface area contributed by atoms with Crippen LogP contribution in [0.4, 0.5) is 5.69 Å². The molecule has 0 aliphatic heterocycles. The van der Waals surface area contributed by atoms with Gasteiger partial charge in [0.05, 0.1) is 12.2 Å². The summed E-state index contributed by atoms with van der Waals surface area (Å²) >= 11 is 0. The summed E-state index contributed by atoms with van der Waals surface area (Å²) in [4.78, 5) is 0. The van der Waals surface area contributed by atoms with Crippen LogP contribution in [0.25, 0.3) is 0 Å². The van der Waals surface area contributed by atoms with Crippen molar-refractivity contribution in [2.45, 2.75) is 20.8 Å². The number of anilines is 1. The Kier molecular flexibility index (Phi) is 6.02. The van der Waals surface area contributed by atoms with Crippen molar-refractivity contribution in [3.05, 3.63) is 29.3 Å². The number of rotatable bonds is 5. The van der Waals surface area contributed by atoms with Gasteiger partial charge in [-0.2, -0.15) is 13.1 Å². The molecule has 0 radical (unpaired) electrons. The summed E-state index contributed by atoms with van der Waals surface area (Å²) in [7, 11) is -3.56. The van der Waals surface area contributed by atoms with Gasteiger partial charge < -0.3 is 5.73 Å². The normalized spacial score (nSPS) is 11.1. The lowest BCUT2D eigenvalue weighted by atomic mass is 10.1. The molecule has 0 amide bonds. The van der Waals surface area contributed by atoms with E-state index in [1.165, 1.54) is 0 Å². The van der Waals surface area contributed by atoms with Crippen LogP contribution >= 0.6 is 0 Å². The Balaban J connectivity index is 2.89. The average molecular weight is 295 g/mol. The zero-order chi connectivity index (χ0) is 15.2. The monoisotopic (exact) mass is 295 g/mol. The molecule has 1 rings (SSSR count). The highest BCUT2D eigenvalue weighted by Crippen LogP contribution is 2.15. The Labute approximate surface area is 121 Å². The lowest BCUT2D eigenvalue weighted by Gasteiger charge is -2.11. The van der Waals surface area contributed by atoms with Crippen LogP contribution in [0.5, 0.6) is 0 Å². The van der Waals surface area contributed by atoms with E-state index in [1.807, 2.05) is 26.8 Å². The van der Waals surface area contributed by atoms with Gasteiger partial charge in [-0.25, -0.2) is 0 Å². The molecule has 20 heavy (non-hydrogen) atoms. The van der Waals surface area contributed by atoms with Gasteiger partial charge in [-0.05, 0) is 36.6 Å². The van der Waals surface area contributed by atoms with Crippen LogP contribution in [0, 0.1) is 24.7 Å². The van der Waals surface area contributed by atoms with Gasteiger partial charge >= 0.3 is 0 Å². The molecule has 1 aromatic carbocycles. The molecule has 0 spiro atoms. The van der Waals surface area contributed by atoms with Crippen molar-refractivity contribution < 1.29 is 8.42 Å². The first-order chi connectivity index (χ1) is 9.32. The van der Waals surface area contributed by atoms with Gasteiger partial charge in [0.15, 0.2) is 0 Å². The topological polar surface area (TPSA) is 84.2 Å². The molecule has 0 bridgehead atoms. The summed E-state index contributed by atoms with van der Waals surface area (Å²) in [5.41, 5.74) is 7.48. The highest BCUT2D eigenvalue weighted by Gasteiger charge is 2.10. The lowest BCUT2D eigenvalue weighted by molar-refractivity contribution is 0.565.